The number of unbranched alkanes of at least 4 members (excludes halogenated alkanes) is 12. The van der Waals surface area contributed by atoms with E-state index in [1.165, 1.54) is 51.4 Å². The summed E-state index contributed by atoms with van der Waals surface area (Å²) < 4.78 is 5.16. The summed E-state index contributed by atoms with van der Waals surface area (Å²) in [6, 6.07) is 6.58. The predicted molar refractivity (Wildman–Crippen MR) is 136 cm³/mol. The second-order valence-electron chi connectivity index (χ2n) is 9.10. The van der Waals surface area contributed by atoms with Crippen LogP contribution in [0.5, 0.6) is 0 Å². The molecule has 1 aromatic carbocycles. The zero-order valence-corrected chi connectivity index (χ0v) is 21.1. The zero-order valence-electron chi connectivity index (χ0n) is 21.1. The molecule has 0 unspecified atom stereocenters. The third kappa shape index (κ3) is 16.3. The van der Waals surface area contributed by atoms with Crippen molar-refractivity contribution >= 4 is 17.8 Å². The van der Waals surface area contributed by atoms with Crippen molar-refractivity contribution in [1.82, 2.24) is 5.32 Å². The number of carboxylic acid groups (broad SMARTS) is 1. The van der Waals surface area contributed by atoms with Gasteiger partial charge in [0.1, 0.15) is 0 Å². The van der Waals surface area contributed by atoms with Crippen LogP contribution in [-0.4, -0.2) is 29.6 Å². The summed E-state index contributed by atoms with van der Waals surface area (Å²) in [4.78, 5) is 34.3. The van der Waals surface area contributed by atoms with Crippen LogP contribution in [0.1, 0.15) is 126 Å². The van der Waals surface area contributed by atoms with Crippen molar-refractivity contribution < 1.29 is 24.2 Å². The lowest BCUT2D eigenvalue weighted by Crippen LogP contribution is -2.22. The van der Waals surface area contributed by atoms with Crippen molar-refractivity contribution in [1.29, 1.82) is 0 Å². The van der Waals surface area contributed by atoms with E-state index in [2.05, 4.69) is 12.2 Å². The third-order valence-electron chi connectivity index (χ3n) is 5.99. The fraction of sp³-hybridized carbons (Fsp3) is 0.679. The molecule has 0 atom stereocenters. The van der Waals surface area contributed by atoms with E-state index in [4.69, 9.17) is 9.84 Å². The second kappa shape index (κ2) is 20.0. The molecule has 2 N–H and O–H groups in total. The Bertz CT molecular complexity index is 687. The van der Waals surface area contributed by atoms with Crippen LogP contribution < -0.4 is 5.32 Å². The number of rotatable bonds is 21. The number of ether oxygens (including phenoxy) is 1. The van der Waals surface area contributed by atoms with Gasteiger partial charge >= 0.3 is 11.9 Å². The monoisotopic (exact) mass is 475 g/mol. The lowest BCUT2D eigenvalue weighted by molar-refractivity contribution is -0.143. The molecule has 0 aliphatic rings. The Morgan fingerprint density at radius 2 is 1.24 bits per heavy atom. The molecule has 6 heteroatoms. The van der Waals surface area contributed by atoms with E-state index in [0.717, 1.165) is 44.1 Å². The van der Waals surface area contributed by atoms with Crippen LogP contribution in [0.4, 0.5) is 0 Å². The zero-order chi connectivity index (χ0) is 24.9. The summed E-state index contributed by atoms with van der Waals surface area (Å²) in [5.41, 5.74) is 1.16. The molecule has 1 aromatic rings. The van der Waals surface area contributed by atoms with Gasteiger partial charge in [-0.05, 0) is 37.0 Å². The molecule has 1 amide bonds. The maximum atomic E-state index is 12.0. The Morgan fingerprint density at radius 1 is 0.735 bits per heavy atom. The van der Waals surface area contributed by atoms with Gasteiger partial charge in [-0.1, -0.05) is 89.7 Å². The maximum absolute atomic E-state index is 12.0. The average molecular weight is 476 g/mol. The Kier molecular flexibility index (Phi) is 17.5. The molecule has 0 aliphatic heterocycles. The van der Waals surface area contributed by atoms with E-state index in [9.17, 15) is 14.4 Å². The quantitative estimate of drug-likeness (QED) is 0.151. The van der Waals surface area contributed by atoms with E-state index in [1.54, 1.807) is 24.3 Å². The number of esters is 1. The first-order chi connectivity index (χ1) is 16.5. The van der Waals surface area contributed by atoms with Gasteiger partial charge in [0.2, 0.25) is 5.91 Å². The van der Waals surface area contributed by atoms with E-state index in [0.29, 0.717) is 26.0 Å². The highest BCUT2D eigenvalue weighted by molar-refractivity contribution is 5.87. The summed E-state index contributed by atoms with van der Waals surface area (Å²) in [5.74, 6) is -0.935. The Labute approximate surface area is 205 Å². The maximum Gasteiger partial charge on any atom is 0.335 e. The molecule has 34 heavy (non-hydrogen) atoms. The number of hydrogen-bond acceptors (Lipinski definition) is 4. The van der Waals surface area contributed by atoms with Crippen molar-refractivity contribution in [2.75, 3.05) is 6.61 Å². The van der Waals surface area contributed by atoms with E-state index in [-0.39, 0.29) is 17.4 Å². The van der Waals surface area contributed by atoms with Crippen molar-refractivity contribution in [3.8, 4) is 0 Å². The molecule has 0 saturated carbocycles. The van der Waals surface area contributed by atoms with Gasteiger partial charge in [-0.3, -0.25) is 9.59 Å². The van der Waals surface area contributed by atoms with Crippen LogP contribution in [0, 0.1) is 0 Å². The minimum absolute atomic E-state index is 0.0427. The molecule has 0 heterocycles. The molecule has 0 saturated heterocycles. The van der Waals surface area contributed by atoms with Gasteiger partial charge in [0, 0.05) is 19.4 Å². The number of aromatic carboxylic acids is 1. The van der Waals surface area contributed by atoms with Gasteiger partial charge in [0.25, 0.3) is 0 Å². The Hall–Kier alpha value is -2.37. The second-order valence-corrected chi connectivity index (χ2v) is 9.10. The lowest BCUT2D eigenvalue weighted by atomic mass is 10.0. The first kappa shape index (κ1) is 29.7. The molecule has 6 nitrogen and oxygen atoms in total. The molecule has 0 fully saturated rings. The van der Waals surface area contributed by atoms with Crippen molar-refractivity contribution in [2.45, 2.75) is 116 Å². The summed E-state index contributed by atoms with van der Waals surface area (Å²) in [6.07, 6.45) is 17.2. The van der Waals surface area contributed by atoms with Gasteiger partial charge in [-0.15, -0.1) is 0 Å². The number of benzene rings is 1. The van der Waals surface area contributed by atoms with Crippen LogP contribution in [-0.2, 0) is 20.9 Å². The topological polar surface area (TPSA) is 92.7 Å². The van der Waals surface area contributed by atoms with Gasteiger partial charge in [0.05, 0.1) is 12.2 Å². The number of carbonyl (C=O) groups is 3. The predicted octanol–water partition coefficient (Wildman–Crippen LogP) is 6.81. The van der Waals surface area contributed by atoms with E-state index in [1.807, 2.05) is 0 Å². The van der Waals surface area contributed by atoms with Gasteiger partial charge in [-0.25, -0.2) is 4.79 Å². The van der Waals surface area contributed by atoms with Crippen LogP contribution in [0.15, 0.2) is 24.3 Å². The van der Waals surface area contributed by atoms with Crippen LogP contribution >= 0.6 is 0 Å². The molecule has 0 aliphatic carbocycles. The first-order valence-corrected chi connectivity index (χ1v) is 13.3. The highest BCUT2D eigenvalue weighted by Gasteiger charge is 2.04. The van der Waals surface area contributed by atoms with Crippen molar-refractivity contribution in [3.63, 3.8) is 0 Å². The first-order valence-electron chi connectivity index (χ1n) is 13.3. The van der Waals surface area contributed by atoms with Gasteiger partial charge < -0.3 is 15.2 Å². The fourth-order valence-corrected chi connectivity index (χ4v) is 3.78. The van der Waals surface area contributed by atoms with E-state index >= 15 is 0 Å². The number of nitrogens with one attached hydrogen (secondary N) is 1. The summed E-state index contributed by atoms with van der Waals surface area (Å²) in [7, 11) is 0. The minimum Gasteiger partial charge on any atom is -0.478 e. The lowest BCUT2D eigenvalue weighted by Gasteiger charge is -2.06. The highest BCUT2D eigenvalue weighted by Crippen LogP contribution is 2.13. The van der Waals surface area contributed by atoms with Crippen LogP contribution in [0.2, 0.25) is 0 Å². The summed E-state index contributed by atoms with van der Waals surface area (Å²) in [5, 5.41) is 11.8. The number of carbonyl (C=O) groups excluding carboxylic acids is 2. The van der Waals surface area contributed by atoms with Crippen LogP contribution in [0.3, 0.4) is 0 Å². The van der Waals surface area contributed by atoms with Crippen molar-refractivity contribution in [3.05, 3.63) is 35.4 Å². The van der Waals surface area contributed by atoms with Gasteiger partial charge in [0.15, 0.2) is 0 Å². The number of carboxylic acids is 1. The third-order valence-corrected chi connectivity index (χ3v) is 5.99. The van der Waals surface area contributed by atoms with Gasteiger partial charge in [-0.2, -0.15) is 0 Å². The molecular weight excluding hydrogens is 430 g/mol. The fourth-order valence-electron chi connectivity index (χ4n) is 3.78. The normalized spacial score (nSPS) is 10.7. The molecule has 0 aromatic heterocycles. The SMILES string of the molecule is CCCCOC(=O)CCCCCCCCCCCCCCC(=O)NCc1ccc(C(=O)O)cc1. The minimum atomic E-state index is -0.944. The molecule has 192 valence electrons. The Balaban J connectivity index is 1.84. The molecule has 0 radical (unpaired) electrons. The largest absolute Gasteiger partial charge is 0.478 e. The molecule has 0 bridgehead atoms. The van der Waals surface area contributed by atoms with E-state index < -0.39 is 5.97 Å². The summed E-state index contributed by atoms with van der Waals surface area (Å²) >= 11 is 0. The standard InChI is InChI=1S/C28H45NO5/c1-2-3-22-34-27(31)17-15-13-11-9-7-5-4-6-8-10-12-14-16-26(30)29-23-24-18-20-25(21-19-24)28(32)33/h18-21H,2-17,22-23H2,1H3,(H,29,30)(H,32,33). The van der Waals surface area contributed by atoms with Crippen molar-refractivity contribution in [2.24, 2.45) is 0 Å². The van der Waals surface area contributed by atoms with Crippen LogP contribution in [0.25, 0.3) is 0 Å². The summed E-state index contributed by atoms with van der Waals surface area (Å²) in [6.45, 7) is 3.10. The Morgan fingerprint density at radius 3 is 1.74 bits per heavy atom. The molecule has 1 rings (SSSR count). The average Bonchev–Trinajstić information content (AvgIpc) is 2.83. The molecule has 0 spiro atoms. The molecular formula is C28H45NO5. The smallest absolute Gasteiger partial charge is 0.335 e. The number of hydrogen-bond donors (Lipinski definition) is 2. The highest BCUT2D eigenvalue weighted by atomic mass is 16.5. The number of amides is 1.